The lowest BCUT2D eigenvalue weighted by atomic mass is 10.1. The Morgan fingerprint density at radius 1 is 0.926 bits per heavy atom. The van der Waals surface area contributed by atoms with Gasteiger partial charge in [-0.25, -0.2) is 4.98 Å². The standard InChI is InChI=1S/C21H16N2O4/c1-12-6-7-17(24)13(8-12)11-22-15-9-16-20(10-19(15)26)27-21(23-16)14-4-2-3-5-18(14)25/h2-11,24-26H,1H3. The van der Waals surface area contributed by atoms with Crippen molar-refractivity contribution in [3.8, 4) is 28.7 Å². The number of oxazole rings is 1. The van der Waals surface area contributed by atoms with Crippen LogP contribution in [0, 0.1) is 6.92 Å². The lowest BCUT2D eigenvalue weighted by molar-refractivity contribution is 0.472. The number of hydrogen-bond donors (Lipinski definition) is 3. The van der Waals surface area contributed by atoms with Crippen LogP contribution in [0.4, 0.5) is 5.69 Å². The Morgan fingerprint density at radius 3 is 2.56 bits per heavy atom. The van der Waals surface area contributed by atoms with E-state index in [1.54, 1.807) is 48.5 Å². The highest BCUT2D eigenvalue weighted by atomic mass is 16.4. The van der Waals surface area contributed by atoms with Crippen LogP contribution in [0.1, 0.15) is 11.1 Å². The van der Waals surface area contributed by atoms with Gasteiger partial charge in [-0.05, 0) is 37.3 Å². The second kappa shape index (κ2) is 6.49. The van der Waals surface area contributed by atoms with Crippen molar-refractivity contribution >= 4 is 23.0 Å². The smallest absolute Gasteiger partial charge is 0.231 e. The highest BCUT2D eigenvalue weighted by molar-refractivity contribution is 5.89. The minimum absolute atomic E-state index is 0.0569. The molecule has 1 heterocycles. The highest BCUT2D eigenvalue weighted by Gasteiger charge is 2.14. The molecule has 3 aromatic carbocycles. The highest BCUT2D eigenvalue weighted by Crippen LogP contribution is 2.36. The second-order valence-electron chi connectivity index (χ2n) is 6.17. The third-order valence-corrected chi connectivity index (χ3v) is 4.14. The summed E-state index contributed by atoms with van der Waals surface area (Å²) in [4.78, 5) is 8.63. The van der Waals surface area contributed by atoms with Crippen molar-refractivity contribution < 1.29 is 19.7 Å². The van der Waals surface area contributed by atoms with Crippen LogP contribution in [0.5, 0.6) is 17.2 Å². The molecule has 0 fully saturated rings. The fourth-order valence-corrected chi connectivity index (χ4v) is 2.74. The Kier molecular flexibility index (Phi) is 4.01. The molecule has 6 nitrogen and oxygen atoms in total. The summed E-state index contributed by atoms with van der Waals surface area (Å²) in [5.41, 5.74) is 3.15. The van der Waals surface area contributed by atoms with E-state index in [9.17, 15) is 15.3 Å². The summed E-state index contributed by atoms with van der Waals surface area (Å²) in [7, 11) is 0. The molecule has 0 spiro atoms. The van der Waals surface area contributed by atoms with Crippen molar-refractivity contribution in [3.63, 3.8) is 0 Å². The van der Waals surface area contributed by atoms with E-state index in [0.717, 1.165) is 5.56 Å². The van der Waals surface area contributed by atoms with E-state index in [1.807, 2.05) is 6.92 Å². The van der Waals surface area contributed by atoms with E-state index in [4.69, 9.17) is 4.42 Å². The summed E-state index contributed by atoms with van der Waals surface area (Å²) in [5.74, 6) is 0.334. The van der Waals surface area contributed by atoms with Crippen molar-refractivity contribution in [1.82, 2.24) is 4.98 Å². The molecular formula is C21H16N2O4. The van der Waals surface area contributed by atoms with Gasteiger partial charge in [0.2, 0.25) is 5.89 Å². The molecule has 134 valence electrons. The van der Waals surface area contributed by atoms with Crippen LogP contribution in [0.25, 0.3) is 22.6 Å². The molecular weight excluding hydrogens is 344 g/mol. The van der Waals surface area contributed by atoms with Crippen LogP contribution in [0.15, 0.2) is 64.0 Å². The number of para-hydroxylation sites is 1. The average molecular weight is 360 g/mol. The quantitative estimate of drug-likeness (QED) is 0.461. The zero-order chi connectivity index (χ0) is 19.0. The average Bonchev–Trinajstić information content (AvgIpc) is 3.05. The Balaban J connectivity index is 1.74. The second-order valence-corrected chi connectivity index (χ2v) is 6.17. The first kappa shape index (κ1) is 16.7. The molecule has 0 radical (unpaired) electrons. The molecule has 1 aromatic heterocycles. The number of hydrogen-bond acceptors (Lipinski definition) is 6. The predicted molar refractivity (Wildman–Crippen MR) is 103 cm³/mol. The molecule has 4 aromatic rings. The number of phenols is 3. The number of aryl methyl sites for hydroxylation is 1. The largest absolute Gasteiger partial charge is 0.507 e. The zero-order valence-corrected chi connectivity index (χ0v) is 14.4. The number of aromatic hydroxyl groups is 3. The number of nitrogens with zero attached hydrogens (tertiary/aromatic N) is 2. The number of rotatable bonds is 3. The number of benzene rings is 3. The summed E-state index contributed by atoms with van der Waals surface area (Å²) in [5, 5.41) is 30.1. The van der Waals surface area contributed by atoms with E-state index in [-0.39, 0.29) is 23.1 Å². The Labute approximate surface area is 154 Å². The molecule has 27 heavy (non-hydrogen) atoms. The van der Waals surface area contributed by atoms with Crippen LogP contribution in [-0.2, 0) is 0 Å². The summed E-state index contributed by atoms with van der Waals surface area (Å²) < 4.78 is 5.65. The molecule has 4 rings (SSSR count). The maximum absolute atomic E-state index is 10.2. The maximum Gasteiger partial charge on any atom is 0.231 e. The van der Waals surface area contributed by atoms with Crippen LogP contribution in [0.2, 0.25) is 0 Å². The van der Waals surface area contributed by atoms with Crippen LogP contribution in [-0.4, -0.2) is 26.5 Å². The fourth-order valence-electron chi connectivity index (χ4n) is 2.74. The van der Waals surface area contributed by atoms with Crippen molar-refractivity contribution in [2.45, 2.75) is 6.92 Å². The predicted octanol–water partition coefficient (Wildman–Crippen LogP) is 4.67. The van der Waals surface area contributed by atoms with E-state index in [2.05, 4.69) is 9.98 Å². The van der Waals surface area contributed by atoms with E-state index >= 15 is 0 Å². The third-order valence-electron chi connectivity index (χ3n) is 4.14. The summed E-state index contributed by atoms with van der Waals surface area (Å²) in [6.07, 6.45) is 1.48. The van der Waals surface area contributed by atoms with Gasteiger partial charge in [0.05, 0.1) is 5.56 Å². The van der Waals surface area contributed by atoms with Gasteiger partial charge in [-0.2, -0.15) is 0 Å². The number of fused-ring (bicyclic) bond motifs is 1. The normalized spacial score (nSPS) is 11.4. The van der Waals surface area contributed by atoms with Gasteiger partial charge >= 0.3 is 0 Å². The lowest BCUT2D eigenvalue weighted by Gasteiger charge is -2.01. The first-order chi connectivity index (χ1) is 13.0. The maximum atomic E-state index is 10.2. The number of phenolic OH excluding ortho intramolecular Hbond substituents is 3. The molecule has 0 unspecified atom stereocenters. The van der Waals surface area contributed by atoms with Gasteiger partial charge in [0.1, 0.15) is 28.5 Å². The van der Waals surface area contributed by atoms with E-state index in [1.165, 1.54) is 12.3 Å². The van der Waals surface area contributed by atoms with Crippen molar-refractivity contribution in [2.75, 3.05) is 0 Å². The Bertz CT molecular complexity index is 1180. The van der Waals surface area contributed by atoms with Gasteiger partial charge in [-0.1, -0.05) is 23.8 Å². The summed E-state index contributed by atoms with van der Waals surface area (Å²) in [6, 6.07) is 14.9. The van der Waals surface area contributed by atoms with Gasteiger partial charge in [0.15, 0.2) is 5.58 Å². The third kappa shape index (κ3) is 3.20. The van der Waals surface area contributed by atoms with Crippen molar-refractivity contribution in [1.29, 1.82) is 0 Å². The van der Waals surface area contributed by atoms with Gasteiger partial charge in [-0.3, -0.25) is 4.99 Å². The molecule has 0 saturated carbocycles. The van der Waals surface area contributed by atoms with Crippen LogP contribution >= 0.6 is 0 Å². The lowest BCUT2D eigenvalue weighted by Crippen LogP contribution is -1.84. The van der Waals surface area contributed by atoms with E-state index in [0.29, 0.717) is 27.9 Å². The fraction of sp³-hybridized carbons (Fsp3) is 0.0476. The minimum Gasteiger partial charge on any atom is -0.507 e. The zero-order valence-electron chi connectivity index (χ0n) is 14.4. The number of aromatic nitrogens is 1. The SMILES string of the molecule is Cc1ccc(O)c(C=Nc2cc3nc(-c4ccccc4O)oc3cc2O)c1. The monoisotopic (exact) mass is 360 g/mol. The van der Waals surface area contributed by atoms with Gasteiger partial charge in [0, 0.05) is 17.8 Å². The van der Waals surface area contributed by atoms with Gasteiger partial charge in [-0.15, -0.1) is 0 Å². The molecule has 0 aliphatic rings. The topological polar surface area (TPSA) is 99.1 Å². The molecule has 0 aliphatic heterocycles. The first-order valence-electron chi connectivity index (χ1n) is 8.27. The Morgan fingerprint density at radius 2 is 1.74 bits per heavy atom. The first-order valence-corrected chi connectivity index (χ1v) is 8.27. The molecule has 0 aliphatic carbocycles. The molecule has 0 atom stereocenters. The Hall–Kier alpha value is -3.80. The molecule has 0 saturated heterocycles. The van der Waals surface area contributed by atoms with Crippen molar-refractivity contribution in [3.05, 3.63) is 65.7 Å². The molecule has 0 bridgehead atoms. The van der Waals surface area contributed by atoms with Crippen LogP contribution < -0.4 is 0 Å². The number of aliphatic imine (C=N–C) groups is 1. The summed E-state index contributed by atoms with van der Waals surface area (Å²) in [6.45, 7) is 1.91. The van der Waals surface area contributed by atoms with Crippen LogP contribution in [0.3, 0.4) is 0 Å². The minimum atomic E-state index is -0.0779. The molecule has 3 N–H and O–H groups in total. The molecule has 0 amide bonds. The summed E-state index contributed by atoms with van der Waals surface area (Å²) >= 11 is 0. The van der Waals surface area contributed by atoms with Gasteiger partial charge < -0.3 is 19.7 Å². The van der Waals surface area contributed by atoms with Gasteiger partial charge in [0.25, 0.3) is 0 Å². The van der Waals surface area contributed by atoms with E-state index < -0.39 is 0 Å². The molecule has 6 heteroatoms. The van der Waals surface area contributed by atoms with Crippen molar-refractivity contribution in [2.24, 2.45) is 4.99 Å².